The number of hydrogen-bond donors (Lipinski definition) is 0. The number of rotatable bonds is 4. The first-order chi connectivity index (χ1) is 5.06. The number of hydrogen-bond acceptors (Lipinski definition) is 3. The molecule has 0 aliphatic heterocycles. The standard InChI is InChI=1S/C8H14O3/c1-4-7(3)11-8(10)5-6(2)9/h7H,4-5H2,1-3H3/t7-/m1/s1. The summed E-state index contributed by atoms with van der Waals surface area (Å²) in [5.74, 6) is -0.579. The molecule has 0 aromatic heterocycles. The molecule has 11 heavy (non-hydrogen) atoms. The quantitative estimate of drug-likeness (QED) is 0.457. The molecule has 0 aromatic rings. The van der Waals surface area contributed by atoms with Crippen LogP contribution in [-0.2, 0) is 14.3 Å². The molecular weight excluding hydrogens is 144 g/mol. The van der Waals surface area contributed by atoms with Gasteiger partial charge in [0.2, 0.25) is 0 Å². The second kappa shape index (κ2) is 4.88. The van der Waals surface area contributed by atoms with Gasteiger partial charge in [-0.1, -0.05) is 6.92 Å². The van der Waals surface area contributed by atoms with Crippen molar-refractivity contribution in [2.45, 2.75) is 39.7 Å². The first kappa shape index (κ1) is 10.1. The fourth-order valence-electron chi connectivity index (χ4n) is 0.553. The molecule has 0 aliphatic carbocycles. The van der Waals surface area contributed by atoms with Crippen molar-refractivity contribution in [1.82, 2.24) is 0 Å². The van der Waals surface area contributed by atoms with Crippen LogP contribution in [0.5, 0.6) is 0 Å². The van der Waals surface area contributed by atoms with E-state index in [4.69, 9.17) is 4.74 Å². The van der Waals surface area contributed by atoms with E-state index in [1.165, 1.54) is 6.92 Å². The van der Waals surface area contributed by atoms with Crippen LogP contribution in [0.4, 0.5) is 0 Å². The molecule has 0 heterocycles. The van der Waals surface area contributed by atoms with E-state index in [0.29, 0.717) is 0 Å². The Bertz CT molecular complexity index is 151. The second-order valence-electron chi connectivity index (χ2n) is 2.59. The summed E-state index contributed by atoms with van der Waals surface area (Å²) in [5.41, 5.74) is 0. The van der Waals surface area contributed by atoms with Gasteiger partial charge in [-0.15, -0.1) is 0 Å². The zero-order valence-electron chi connectivity index (χ0n) is 7.22. The highest BCUT2D eigenvalue weighted by Crippen LogP contribution is 1.98. The summed E-state index contributed by atoms with van der Waals surface area (Å²) in [4.78, 5) is 21.2. The smallest absolute Gasteiger partial charge is 0.313 e. The average molecular weight is 158 g/mol. The summed E-state index contributed by atoms with van der Waals surface area (Å²) in [5, 5.41) is 0. The van der Waals surface area contributed by atoms with Gasteiger partial charge in [0, 0.05) is 0 Å². The molecule has 0 fully saturated rings. The monoisotopic (exact) mass is 158 g/mol. The molecule has 0 amide bonds. The molecule has 0 saturated carbocycles. The Kier molecular flexibility index (Phi) is 4.50. The van der Waals surface area contributed by atoms with Gasteiger partial charge in [0.1, 0.15) is 12.2 Å². The highest BCUT2D eigenvalue weighted by Gasteiger charge is 2.09. The van der Waals surface area contributed by atoms with Gasteiger partial charge in [0.15, 0.2) is 0 Å². The fraction of sp³-hybridized carbons (Fsp3) is 0.750. The Hall–Kier alpha value is -0.860. The van der Waals surface area contributed by atoms with E-state index in [0.717, 1.165) is 6.42 Å². The Morgan fingerprint density at radius 3 is 2.36 bits per heavy atom. The second-order valence-corrected chi connectivity index (χ2v) is 2.59. The fourth-order valence-corrected chi connectivity index (χ4v) is 0.553. The predicted molar refractivity (Wildman–Crippen MR) is 41.1 cm³/mol. The Balaban J connectivity index is 3.60. The van der Waals surface area contributed by atoms with Gasteiger partial charge in [-0.3, -0.25) is 9.59 Å². The number of carbonyl (C=O) groups excluding carboxylic acids is 2. The maximum Gasteiger partial charge on any atom is 0.313 e. The Morgan fingerprint density at radius 1 is 1.45 bits per heavy atom. The number of ketones is 1. The van der Waals surface area contributed by atoms with Crippen molar-refractivity contribution >= 4 is 11.8 Å². The summed E-state index contributed by atoms with van der Waals surface area (Å²) in [7, 11) is 0. The molecule has 0 spiro atoms. The van der Waals surface area contributed by atoms with Gasteiger partial charge in [-0.25, -0.2) is 0 Å². The van der Waals surface area contributed by atoms with Gasteiger partial charge in [0.05, 0.1) is 6.10 Å². The average Bonchev–Trinajstić information content (AvgIpc) is 1.85. The minimum atomic E-state index is -0.424. The minimum absolute atomic E-state index is 0.0816. The van der Waals surface area contributed by atoms with E-state index in [2.05, 4.69) is 0 Å². The molecule has 0 aliphatic rings. The molecule has 1 atom stereocenters. The lowest BCUT2D eigenvalue weighted by Crippen LogP contribution is -2.15. The number of esters is 1. The maximum atomic E-state index is 10.8. The lowest BCUT2D eigenvalue weighted by atomic mass is 10.3. The van der Waals surface area contributed by atoms with Crippen LogP contribution in [0.2, 0.25) is 0 Å². The van der Waals surface area contributed by atoms with E-state index in [1.54, 1.807) is 6.92 Å². The largest absolute Gasteiger partial charge is 0.462 e. The van der Waals surface area contributed by atoms with Crippen molar-refractivity contribution in [3.05, 3.63) is 0 Å². The van der Waals surface area contributed by atoms with Crippen LogP contribution >= 0.6 is 0 Å². The third-order valence-corrected chi connectivity index (χ3v) is 1.30. The van der Waals surface area contributed by atoms with Gasteiger partial charge in [-0.05, 0) is 20.3 Å². The molecule has 3 nitrogen and oxygen atoms in total. The molecule has 0 bridgehead atoms. The zero-order valence-corrected chi connectivity index (χ0v) is 7.22. The highest BCUT2D eigenvalue weighted by molar-refractivity contribution is 5.94. The summed E-state index contributed by atoms with van der Waals surface area (Å²) in [6.07, 6.45) is 0.593. The van der Waals surface area contributed by atoms with Crippen molar-refractivity contribution in [2.24, 2.45) is 0 Å². The van der Waals surface area contributed by atoms with Crippen molar-refractivity contribution in [3.8, 4) is 0 Å². The lowest BCUT2D eigenvalue weighted by Gasteiger charge is -2.08. The predicted octanol–water partition coefficient (Wildman–Crippen LogP) is 1.31. The molecule has 3 heteroatoms. The first-order valence-electron chi connectivity index (χ1n) is 3.75. The molecule has 0 rings (SSSR count). The van der Waals surface area contributed by atoms with E-state index in [-0.39, 0.29) is 18.3 Å². The Labute approximate surface area is 66.7 Å². The van der Waals surface area contributed by atoms with Crippen molar-refractivity contribution < 1.29 is 14.3 Å². The molecule has 0 aromatic carbocycles. The van der Waals surface area contributed by atoms with Gasteiger partial charge in [0.25, 0.3) is 0 Å². The van der Waals surface area contributed by atoms with Crippen LogP contribution in [0.3, 0.4) is 0 Å². The third kappa shape index (κ3) is 5.58. The van der Waals surface area contributed by atoms with Crippen molar-refractivity contribution in [2.75, 3.05) is 0 Å². The minimum Gasteiger partial charge on any atom is -0.462 e. The lowest BCUT2D eigenvalue weighted by molar-refractivity contribution is -0.149. The van der Waals surface area contributed by atoms with E-state index >= 15 is 0 Å². The Morgan fingerprint density at radius 2 is 2.00 bits per heavy atom. The molecule has 0 N–H and O–H groups in total. The van der Waals surface area contributed by atoms with Crippen LogP contribution in [-0.4, -0.2) is 17.9 Å². The SMILES string of the molecule is CC[C@@H](C)OC(=O)CC(C)=O. The topological polar surface area (TPSA) is 43.4 Å². The number of ether oxygens (including phenoxy) is 1. The van der Waals surface area contributed by atoms with E-state index < -0.39 is 5.97 Å². The van der Waals surface area contributed by atoms with E-state index in [9.17, 15) is 9.59 Å². The zero-order chi connectivity index (χ0) is 8.85. The van der Waals surface area contributed by atoms with Crippen LogP contribution in [0.15, 0.2) is 0 Å². The maximum absolute atomic E-state index is 10.8. The van der Waals surface area contributed by atoms with Crippen LogP contribution in [0.1, 0.15) is 33.6 Å². The van der Waals surface area contributed by atoms with Crippen LogP contribution in [0.25, 0.3) is 0 Å². The van der Waals surface area contributed by atoms with Crippen LogP contribution in [0, 0.1) is 0 Å². The molecular formula is C8H14O3. The molecule has 0 radical (unpaired) electrons. The summed E-state index contributed by atoms with van der Waals surface area (Å²) in [6.45, 7) is 5.10. The first-order valence-corrected chi connectivity index (χ1v) is 3.75. The summed E-state index contributed by atoms with van der Waals surface area (Å²) in [6, 6.07) is 0. The third-order valence-electron chi connectivity index (χ3n) is 1.30. The van der Waals surface area contributed by atoms with Gasteiger partial charge >= 0.3 is 5.97 Å². The molecule has 0 unspecified atom stereocenters. The van der Waals surface area contributed by atoms with Crippen LogP contribution < -0.4 is 0 Å². The van der Waals surface area contributed by atoms with E-state index in [1.807, 2.05) is 6.92 Å². The highest BCUT2D eigenvalue weighted by atomic mass is 16.5. The summed E-state index contributed by atoms with van der Waals surface area (Å²) < 4.78 is 4.85. The number of carbonyl (C=O) groups is 2. The van der Waals surface area contributed by atoms with Crippen molar-refractivity contribution in [1.29, 1.82) is 0 Å². The normalized spacial score (nSPS) is 12.3. The van der Waals surface area contributed by atoms with Crippen molar-refractivity contribution in [3.63, 3.8) is 0 Å². The van der Waals surface area contributed by atoms with Gasteiger partial charge in [-0.2, -0.15) is 0 Å². The van der Waals surface area contributed by atoms with Gasteiger partial charge < -0.3 is 4.74 Å². The molecule has 0 saturated heterocycles. The molecule has 64 valence electrons. The number of Topliss-reactive ketones (excluding diaryl/α,β-unsaturated/α-hetero) is 1. The summed E-state index contributed by atoms with van der Waals surface area (Å²) >= 11 is 0.